The lowest BCUT2D eigenvalue weighted by molar-refractivity contribution is -0.144. The van der Waals surface area contributed by atoms with Crippen molar-refractivity contribution in [2.45, 2.75) is 45.1 Å². The van der Waals surface area contributed by atoms with Crippen LogP contribution in [0.3, 0.4) is 0 Å². The average Bonchev–Trinajstić information content (AvgIpc) is 3.22. The van der Waals surface area contributed by atoms with Gasteiger partial charge in [0.2, 0.25) is 5.88 Å². The molecular formula is C25H33N5O4. The Morgan fingerprint density at radius 1 is 1.24 bits per heavy atom. The highest BCUT2D eigenvalue weighted by Crippen LogP contribution is 2.29. The van der Waals surface area contributed by atoms with Crippen molar-refractivity contribution in [1.29, 1.82) is 0 Å². The van der Waals surface area contributed by atoms with Gasteiger partial charge in [-0.15, -0.1) is 0 Å². The number of hydrogen-bond donors (Lipinski definition) is 1. The zero-order valence-corrected chi connectivity index (χ0v) is 20.0. The summed E-state index contributed by atoms with van der Waals surface area (Å²) in [4.78, 5) is 38.2. The van der Waals surface area contributed by atoms with Crippen LogP contribution in [0.1, 0.15) is 49.0 Å². The van der Waals surface area contributed by atoms with Gasteiger partial charge in [0.25, 0.3) is 0 Å². The van der Waals surface area contributed by atoms with E-state index in [2.05, 4.69) is 22.4 Å². The normalized spacial score (nSPS) is 16.1. The van der Waals surface area contributed by atoms with Crippen molar-refractivity contribution >= 4 is 17.8 Å². The summed E-state index contributed by atoms with van der Waals surface area (Å²) in [5.41, 5.74) is 3.11. The van der Waals surface area contributed by atoms with Crippen LogP contribution < -0.4 is 10.1 Å². The van der Waals surface area contributed by atoms with Gasteiger partial charge in [-0.3, -0.25) is 4.79 Å². The van der Waals surface area contributed by atoms with E-state index in [-0.39, 0.29) is 18.4 Å². The van der Waals surface area contributed by atoms with Crippen LogP contribution in [0.15, 0.2) is 30.5 Å². The second-order valence-electron chi connectivity index (χ2n) is 8.57. The molecule has 0 bridgehead atoms. The molecule has 34 heavy (non-hydrogen) atoms. The van der Waals surface area contributed by atoms with Crippen molar-refractivity contribution < 1.29 is 19.1 Å². The molecule has 0 unspecified atom stereocenters. The standard InChI is InChI=1S/C25H33N5O4/c1-3-34-23(31)16-21(19-9-11-22(33-2)27-17-19)30-15-14-29(25(30)32)13-5-7-20-10-8-18-6-4-12-26-24(18)28-20/h8-11,17,21H,3-7,12-16H2,1-2H3,(H,26,28)/t21-/m0/s1. The van der Waals surface area contributed by atoms with Crippen molar-refractivity contribution in [3.05, 3.63) is 47.3 Å². The van der Waals surface area contributed by atoms with Gasteiger partial charge in [-0.25, -0.2) is 14.8 Å². The van der Waals surface area contributed by atoms with Crippen LogP contribution in [-0.2, 0) is 22.4 Å². The van der Waals surface area contributed by atoms with Gasteiger partial charge in [-0.2, -0.15) is 0 Å². The van der Waals surface area contributed by atoms with Crippen molar-refractivity contribution in [1.82, 2.24) is 19.8 Å². The Balaban J connectivity index is 1.38. The molecular weight excluding hydrogens is 434 g/mol. The van der Waals surface area contributed by atoms with E-state index in [9.17, 15) is 9.59 Å². The summed E-state index contributed by atoms with van der Waals surface area (Å²) in [6.07, 6.45) is 5.61. The van der Waals surface area contributed by atoms with Crippen LogP contribution in [0.4, 0.5) is 10.6 Å². The Bertz CT molecular complexity index is 997. The van der Waals surface area contributed by atoms with Crippen LogP contribution in [0.25, 0.3) is 0 Å². The number of aromatic nitrogens is 2. The maximum absolute atomic E-state index is 13.2. The summed E-state index contributed by atoms with van der Waals surface area (Å²) in [7, 11) is 1.55. The molecule has 0 radical (unpaired) electrons. The van der Waals surface area contributed by atoms with Crippen LogP contribution in [-0.4, -0.2) is 71.7 Å². The fourth-order valence-corrected chi connectivity index (χ4v) is 4.55. The van der Waals surface area contributed by atoms with E-state index in [4.69, 9.17) is 14.5 Å². The molecule has 4 heterocycles. The van der Waals surface area contributed by atoms with E-state index in [1.54, 1.807) is 31.2 Å². The van der Waals surface area contributed by atoms with Crippen LogP contribution in [0.2, 0.25) is 0 Å². The van der Waals surface area contributed by atoms with E-state index in [1.165, 1.54) is 5.56 Å². The quantitative estimate of drug-likeness (QED) is 0.536. The minimum Gasteiger partial charge on any atom is -0.481 e. The van der Waals surface area contributed by atoms with E-state index in [0.29, 0.717) is 32.1 Å². The molecule has 2 amide bonds. The fraction of sp³-hybridized carbons (Fsp3) is 0.520. The Morgan fingerprint density at radius 3 is 2.88 bits per heavy atom. The van der Waals surface area contributed by atoms with Gasteiger partial charge in [0.05, 0.1) is 26.2 Å². The predicted molar refractivity (Wildman–Crippen MR) is 128 cm³/mol. The summed E-state index contributed by atoms with van der Waals surface area (Å²) < 4.78 is 10.3. The maximum atomic E-state index is 13.2. The summed E-state index contributed by atoms with van der Waals surface area (Å²) in [6.45, 7) is 4.88. The van der Waals surface area contributed by atoms with E-state index in [1.807, 2.05) is 11.0 Å². The number of pyridine rings is 2. The molecule has 0 aliphatic carbocycles. The van der Waals surface area contributed by atoms with Gasteiger partial charge >= 0.3 is 12.0 Å². The number of carbonyl (C=O) groups excluding carboxylic acids is 2. The first kappa shape index (κ1) is 23.8. The topological polar surface area (TPSA) is 96.9 Å². The van der Waals surface area contributed by atoms with Gasteiger partial charge < -0.3 is 24.6 Å². The second kappa shape index (κ2) is 11.2. The molecule has 0 aromatic carbocycles. The van der Waals surface area contributed by atoms with Crippen LogP contribution in [0.5, 0.6) is 5.88 Å². The van der Waals surface area contributed by atoms with Crippen molar-refractivity contribution in [3.63, 3.8) is 0 Å². The molecule has 2 aliphatic heterocycles. The van der Waals surface area contributed by atoms with Crippen molar-refractivity contribution in [2.75, 3.05) is 45.2 Å². The van der Waals surface area contributed by atoms with Gasteiger partial charge in [-0.05, 0) is 49.8 Å². The van der Waals surface area contributed by atoms with Gasteiger partial charge in [-0.1, -0.05) is 12.1 Å². The summed E-state index contributed by atoms with van der Waals surface area (Å²) in [5, 5.41) is 3.37. The molecule has 9 nitrogen and oxygen atoms in total. The third-order valence-electron chi connectivity index (χ3n) is 6.33. The lowest BCUT2D eigenvalue weighted by Crippen LogP contribution is -2.36. The zero-order valence-electron chi connectivity index (χ0n) is 20.0. The summed E-state index contributed by atoms with van der Waals surface area (Å²) in [6, 6.07) is 7.35. The predicted octanol–water partition coefficient (Wildman–Crippen LogP) is 3.21. The number of carbonyl (C=O) groups is 2. The average molecular weight is 468 g/mol. The number of rotatable bonds is 10. The number of amides is 2. The SMILES string of the molecule is CCOC(=O)C[C@@H](c1ccc(OC)nc1)N1CCN(CCCc2ccc3c(n2)NCCC3)C1=O. The number of aryl methyl sites for hydroxylation is 2. The smallest absolute Gasteiger partial charge is 0.320 e. The molecule has 2 aliphatic rings. The Morgan fingerprint density at radius 2 is 2.12 bits per heavy atom. The molecule has 2 aromatic rings. The number of anilines is 1. The first-order valence-electron chi connectivity index (χ1n) is 12.0. The van der Waals surface area contributed by atoms with Crippen LogP contribution >= 0.6 is 0 Å². The second-order valence-corrected chi connectivity index (χ2v) is 8.57. The monoisotopic (exact) mass is 467 g/mol. The molecule has 1 saturated heterocycles. The summed E-state index contributed by atoms with van der Waals surface area (Å²) in [5.74, 6) is 1.16. The highest BCUT2D eigenvalue weighted by molar-refractivity contribution is 5.78. The van der Waals surface area contributed by atoms with Crippen LogP contribution in [0, 0.1) is 0 Å². The van der Waals surface area contributed by atoms with Crippen molar-refractivity contribution in [3.8, 4) is 5.88 Å². The number of hydrogen-bond acceptors (Lipinski definition) is 7. The number of esters is 1. The fourth-order valence-electron chi connectivity index (χ4n) is 4.55. The molecule has 4 rings (SSSR count). The molecule has 1 atom stereocenters. The van der Waals surface area contributed by atoms with Gasteiger partial charge in [0, 0.05) is 44.1 Å². The van der Waals surface area contributed by atoms with Crippen molar-refractivity contribution in [2.24, 2.45) is 0 Å². The highest BCUT2D eigenvalue weighted by atomic mass is 16.5. The van der Waals surface area contributed by atoms with E-state index >= 15 is 0 Å². The Kier molecular flexibility index (Phi) is 7.82. The maximum Gasteiger partial charge on any atom is 0.320 e. The highest BCUT2D eigenvalue weighted by Gasteiger charge is 2.35. The third-order valence-corrected chi connectivity index (χ3v) is 6.33. The molecule has 1 N–H and O–H groups in total. The number of nitrogens with one attached hydrogen (secondary N) is 1. The molecule has 1 fully saturated rings. The first-order chi connectivity index (χ1) is 16.6. The Hall–Kier alpha value is -3.36. The van der Waals surface area contributed by atoms with E-state index in [0.717, 1.165) is 49.3 Å². The lowest BCUT2D eigenvalue weighted by atomic mass is 10.0. The number of nitrogens with zero attached hydrogens (tertiary/aromatic N) is 4. The minimum atomic E-state index is -0.427. The lowest BCUT2D eigenvalue weighted by Gasteiger charge is -2.27. The first-order valence-corrected chi connectivity index (χ1v) is 12.0. The molecule has 182 valence electrons. The molecule has 0 spiro atoms. The summed E-state index contributed by atoms with van der Waals surface area (Å²) >= 11 is 0. The number of ether oxygens (including phenoxy) is 2. The van der Waals surface area contributed by atoms with Gasteiger partial charge in [0.1, 0.15) is 5.82 Å². The number of fused-ring (bicyclic) bond motifs is 1. The zero-order chi connectivity index (χ0) is 23.9. The van der Waals surface area contributed by atoms with E-state index < -0.39 is 6.04 Å². The third kappa shape index (κ3) is 5.58. The molecule has 2 aromatic heterocycles. The number of methoxy groups -OCH3 is 1. The molecule has 0 saturated carbocycles. The van der Waals surface area contributed by atoms with Gasteiger partial charge in [0.15, 0.2) is 0 Å². The largest absolute Gasteiger partial charge is 0.481 e. The minimum absolute atomic E-state index is 0.0646. The number of urea groups is 1. The Labute approximate surface area is 200 Å². The molecule has 9 heteroatoms.